The molecule has 0 aliphatic heterocycles. The predicted octanol–water partition coefficient (Wildman–Crippen LogP) is 7.05. The van der Waals surface area contributed by atoms with Gasteiger partial charge in [-0.1, -0.05) is 43.8 Å². The van der Waals surface area contributed by atoms with Crippen molar-refractivity contribution in [1.82, 2.24) is 5.32 Å². The monoisotopic (exact) mass is 552 g/mol. The lowest BCUT2D eigenvalue weighted by molar-refractivity contribution is -0.137. The zero-order chi connectivity index (χ0) is 28.8. The fraction of sp³-hybridized carbons (Fsp3) is 0.370. The maximum absolute atomic E-state index is 13.0. The highest BCUT2D eigenvalue weighted by atomic mass is 32.2. The summed E-state index contributed by atoms with van der Waals surface area (Å²) in [4.78, 5) is 28.4. The van der Waals surface area contributed by atoms with Crippen LogP contribution in [0.3, 0.4) is 0 Å². The molecule has 0 bridgehead atoms. The fourth-order valence-corrected chi connectivity index (χ4v) is 3.65. The Morgan fingerprint density at radius 2 is 1.76 bits per heavy atom. The Morgan fingerprint density at radius 3 is 2.39 bits per heavy atom. The van der Waals surface area contributed by atoms with E-state index in [0.29, 0.717) is 28.3 Å². The predicted molar refractivity (Wildman–Crippen MR) is 148 cm³/mol. The van der Waals surface area contributed by atoms with E-state index in [2.05, 4.69) is 15.6 Å². The second-order valence-corrected chi connectivity index (χ2v) is 9.53. The number of benzene rings is 2. The normalized spacial score (nSPS) is 11.9. The molecule has 11 heteroatoms. The second kappa shape index (κ2) is 15.7. The van der Waals surface area contributed by atoms with Crippen molar-refractivity contribution in [3.63, 3.8) is 0 Å². The van der Waals surface area contributed by atoms with Crippen molar-refractivity contribution in [1.29, 1.82) is 0 Å². The third kappa shape index (κ3) is 12.7. The third-order valence-electron chi connectivity index (χ3n) is 4.37. The first kappa shape index (κ1) is 32.6. The van der Waals surface area contributed by atoms with Gasteiger partial charge < -0.3 is 21.1 Å². The Morgan fingerprint density at radius 1 is 1.08 bits per heavy atom. The summed E-state index contributed by atoms with van der Waals surface area (Å²) < 4.78 is 44.0. The zero-order valence-electron chi connectivity index (χ0n) is 22.2. The molecular formula is C27H35F3N4O3S. The number of hydrogen-bond acceptors (Lipinski definition) is 5. The van der Waals surface area contributed by atoms with Gasteiger partial charge in [0.1, 0.15) is 5.60 Å². The number of rotatable bonds is 9. The first-order chi connectivity index (χ1) is 17.9. The number of alkyl carbamates (subject to hydrolysis) is 1. The summed E-state index contributed by atoms with van der Waals surface area (Å²) in [6, 6.07) is 11.8. The van der Waals surface area contributed by atoms with E-state index in [0.717, 1.165) is 30.2 Å². The van der Waals surface area contributed by atoms with Gasteiger partial charge in [0.05, 0.1) is 17.6 Å². The first-order valence-corrected chi connectivity index (χ1v) is 12.9. The summed E-state index contributed by atoms with van der Waals surface area (Å²) in [6.07, 6.45) is -3.30. The number of anilines is 1. The summed E-state index contributed by atoms with van der Waals surface area (Å²) in [6.45, 7) is 9.57. The second-order valence-electron chi connectivity index (χ2n) is 8.59. The number of amides is 2. The van der Waals surface area contributed by atoms with Crippen molar-refractivity contribution in [2.24, 2.45) is 10.7 Å². The van der Waals surface area contributed by atoms with Crippen molar-refractivity contribution in [2.45, 2.75) is 64.1 Å². The highest BCUT2D eigenvalue weighted by molar-refractivity contribution is 8.02. The molecule has 38 heavy (non-hydrogen) atoms. The smallest absolute Gasteiger partial charge is 0.416 e. The SMILES string of the molecule is CC.CC(C)(C)OC(=O)NCCCC(=O)Nc1cccc(/C(=C/Sc2cccc(C(F)(F)F)c2)N=CN)c1. The van der Waals surface area contributed by atoms with Crippen LogP contribution in [0.2, 0.25) is 0 Å². The summed E-state index contributed by atoms with van der Waals surface area (Å²) in [5, 5.41) is 6.96. The van der Waals surface area contributed by atoms with Crippen LogP contribution >= 0.6 is 11.8 Å². The van der Waals surface area contributed by atoms with E-state index in [1.165, 1.54) is 6.07 Å². The molecule has 0 heterocycles. The van der Waals surface area contributed by atoms with E-state index < -0.39 is 23.4 Å². The Kier molecular flexibility index (Phi) is 13.5. The standard InChI is InChI=1S/C25H29F3N4O3S.C2H6/c1-24(2,3)35-23(34)30-12-6-11-22(33)32-19-9-4-7-17(13-19)21(31-16-29)15-36-20-10-5-8-18(14-20)25(26,27)28;1-2/h4-5,7-10,13-16H,6,11-12H2,1-3H3,(H2,29,31)(H,30,34)(H,32,33);1-2H3/b21-15-;. The van der Waals surface area contributed by atoms with Gasteiger partial charge >= 0.3 is 12.3 Å². The summed E-state index contributed by atoms with van der Waals surface area (Å²) >= 11 is 1.07. The van der Waals surface area contributed by atoms with Crippen molar-refractivity contribution in [2.75, 3.05) is 11.9 Å². The third-order valence-corrected chi connectivity index (χ3v) is 5.24. The van der Waals surface area contributed by atoms with E-state index >= 15 is 0 Å². The molecule has 0 unspecified atom stereocenters. The summed E-state index contributed by atoms with van der Waals surface area (Å²) in [7, 11) is 0. The van der Waals surface area contributed by atoms with Crippen molar-refractivity contribution in [3.8, 4) is 0 Å². The van der Waals surface area contributed by atoms with Crippen LogP contribution in [0, 0.1) is 0 Å². The van der Waals surface area contributed by atoms with Crippen LogP contribution in [-0.4, -0.2) is 30.5 Å². The molecule has 2 amide bonds. The lowest BCUT2D eigenvalue weighted by atomic mass is 10.1. The van der Waals surface area contributed by atoms with Gasteiger partial charge in [-0.15, -0.1) is 0 Å². The Labute approximate surface area is 226 Å². The Balaban J connectivity index is 0.00000352. The minimum atomic E-state index is -4.43. The van der Waals surface area contributed by atoms with Crippen molar-refractivity contribution < 1.29 is 27.5 Å². The molecule has 208 valence electrons. The number of nitrogens with two attached hydrogens (primary N) is 1. The van der Waals surface area contributed by atoms with Crippen LogP contribution in [0.15, 0.2) is 63.8 Å². The summed E-state index contributed by atoms with van der Waals surface area (Å²) in [5.74, 6) is -0.246. The quantitative estimate of drug-likeness (QED) is 0.134. The number of halogens is 3. The molecule has 7 nitrogen and oxygen atoms in total. The van der Waals surface area contributed by atoms with E-state index in [1.54, 1.807) is 56.5 Å². The minimum absolute atomic E-state index is 0.176. The molecule has 0 aliphatic carbocycles. The molecule has 2 aromatic rings. The number of nitrogens with zero attached hydrogens (tertiary/aromatic N) is 1. The number of ether oxygens (including phenoxy) is 1. The van der Waals surface area contributed by atoms with Gasteiger partial charge in [0.15, 0.2) is 0 Å². The number of nitrogens with one attached hydrogen (secondary N) is 2. The molecule has 2 rings (SSSR count). The molecule has 0 saturated heterocycles. The van der Waals surface area contributed by atoms with Crippen LogP contribution < -0.4 is 16.4 Å². The average Bonchev–Trinajstić information content (AvgIpc) is 2.84. The molecule has 0 aliphatic rings. The first-order valence-electron chi connectivity index (χ1n) is 12.0. The lowest BCUT2D eigenvalue weighted by Gasteiger charge is -2.19. The molecule has 0 aromatic heterocycles. The Bertz CT molecular complexity index is 1110. The van der Waals surface area contributed by atoms with Gasteiger partial charge in [0, 0.05) is 34.5 Å². The molecule has 4 N–H and O–H groups in total. The van der Waals surface area contributed by atoms with E-state index in [4.69, 9.17) is 10.5 Å². The van der Waals surface area contributed by atoms with Crippen LogP contribution in [0.4, 0.5) is 23.7 Å². The van der Waals surface area contributed by atoms with Crippen LogP contribution in [0.1, 0.15) is 58.6 Å². The molecule has 2 aromatic carbocycles. The average molecular weight is 553 g/mol. The van der Waals surface area contributed by atoms with Crippen molar-refractivity contribution in [3.05, 3.63) is 65.1 Å². The van der Waals surface area contributed by atoms with Gasteiger partial charge in [-0.3, -0.25) is 4.79 Å². The topological polar surface area (TPSA) is 106 Å². The number of carbonyl (C=O) groups is 2. The maximum atomic E-state index is 13.0. The molecule has 0 atom stereocenters. The number of aliphatic imine (C=N–C) groups is 1. The van der Waals surface area contributed by atoms with Crippen LogP contribution in [0.25, 0.3) is 5.70 Å². The fourth-order valence-electron chi connectivity index (χ4n) is 2.86. The van der Waals surface area contributed by atoms with Gasteiger partial charge in [0.25, 0.3) is 0 Å². The van der Waals surface area contributed by atoms with E-state index in [1.807, 2.05) is 13.8 Å². The van der Waals surface area contributed by atoms with E-state index in [-0.39, 0.29) is 18.9 Å². The number of carbonyl (C=O) groups excluding carboxylic acids is 2. The van der Waals surface area contributed by atoms with E-state index in [9.17, 15) is 22.8 Å². The van der Waals surface area contributed by atoms with Crippen LogP contribution in [-0.2, 0) is 15.7 Å². The maximum Gasteiger partial charge on any atom is 0.416 e. The molecule has 0 fully saturated rings. The molecule has 0 spiro atoms. The number of alkyl halides is 3. The van der Waals surface area contributed by atoms with Gasteiger partial charge in [-0.2, -0.15) is 13.2 Å². The van der Waals surface area contributed by atoms with Crippen molar-refractivity contribution >= 4 is 41.5 Å². The number of hydrogen-bond donors (Lipinski definition) is 3. The molecule has 0 radical (unpaired) electrons. The van der Waals surface area contributed by atoms with Gasteiger partial charge in [-0.05, 0) is 57.5 Å². The minimum Gasteiger partial charge on any atom is -0.444 e. The van der Waals surface area contributed by atoms with Crippen LogP contribution in [0.5, 0.6) is 0 Å². The highest BCUT2D eigenvalue weighted by Crippen LogP contribution is 2.33. The molecule has 0 saturated carbocycles. The summed E-state index contributed by atoms with van der Waals surface area (Å²) in [5.41, 5.74) is 5.66. The van der Waals surface area contributed by atoms with Gasteiger partial charge in [0.2, 0.25) is 5.91 Å². The largest absolute Gasteiger partial charge is 0.444 e. The lowest BCUT2D eigenvalue weighted by Crippen LogP contribution is -2.33. The Hall–Kier alpha value is -3.47. The molecular weight excluding hydrogens is 517 g/mol. The number of thioether (sulfide) groups is 1. The highest BCUT2D eigenvalue weighted by Gasteiger charge is 2.30. The zero-order valence-corrected chi connectivity index (χ0v) is 23.0. The van der Waals surface area contributed by atoms with Gasteiger partial charge in [-0.25, -0.2) is 9.79 Å².